The van der Waals surface area contributed by atoms with E-state index in [1.54, 1.807) is 12.1 Å². The topological polar surface area (TPSA) is 61.8 Å². The quantitative estimate of drug-likeness (QED) is 0.670. The number of carbonyl (C=O) groups excluding carboxylic acids is 2. The molecule has 5 nitrogen and oxygen atoms in total. The molecular weight excluding hydrogens is 346 g/mol. The van der Waals surface area contributed by atoms with Crippen molar-refractivity contribution in [3.05, 3.63) is 29.8 Å². The lowest BCUT2D eigenvalue weighted by molar-refractivity contribution is -0.192. The van der Waals surface area contributed by atoms with Crippen molar-refractivity contribution in [2.75, 3.05) is 6.61 Å². The number of esters is 2. The van der Waals surface area contributed by atoms with Gasteiger partial charge in [0.15, 0.2) is 6.10 Å². The third-order valence-corrected chi connectivity index (χ3v) is 3.26. The van der Waals surface area contributed by atoms with Crippen LogP contribution < -0.4 is 4.74 Å². The Kier molecular flexibility index (Phi) is 7.12. The predicted molar refractivity (Wildman–Crippen MR) is 92.4 cm³/mol. The highest BCUT2D eigenvalue weighted by molar-refractivity contribution is 5.90. The van der Waals surface area contributed by atoms with Crippen LogP contribution in [-0.4, -0.2) is 36.2 Å². The first-order valence-electron chi connectivity index (χ1n) is 8.43. The highest BCUT2D eigenvalue weighted by atomic mass is 19.3. The lowest BCUT2D eigenvalue weighted by Crippen LogP contribution is -2.48. The van der Waals surface area contributed by atoms with Crippen molar-refractivity contribution in [1.29, 1.82) is 0 Å². The standard InChI is InChI=1S/C19H26F2O5/c1-7-24-17(23)19(20,21)15(12(2)3)25-16(22)13-8-10-14(11-9-13)26-18(4,5)6/h8-12,15H,7H2,1-6H3. The van der Waals surface area contributed by atoms with Crippen molar-refractivity contribution in [3.8, 4) is 5.75 Å². The first-order valence-corrected chi connectivity index (χ1v) is 8.43. The molecule has 26 heavy (non-hydrogen) atoms. The summed E-state index contributed by atoms with van der Waals surface area (Å²) in [7, 11) is 0. The molecule has 0 radical (unpaired) electrons. The number of rotatable bonds is 7. The molecule has 0 saturated heterocycles. The summed E-state index contributed by atoms with van der Waals surface area (Å²) in [6.45, 7) is 9.73. The Bertz CT molecular complexity index is 618. The third kappa shape index (κ3) is 5.97. The number of halogens is 2. The molecule has 0 aliphatic carbocycles. The molecule has 146 valence electrons. The number of alkyl halides is 2. The Hall–Kier alpha value is -2.18. The van der Waals surface area contributed by atoms with Gasteiger partial charge in [-0.1, -0.05) is 13.8 Å². The molecule has 0 aliphatic heterocycles. The Morgan fingerprint density at radius 2 is 1.62 bits per heavy atom. The summed E-state index contributed by atoms with van der Waals surface area (Å²) in [6.07, 6.45) is -1.93. The van der Waals surface area contributed by atoms with Crippen LogP contribution in [0.15, 0.2) is 24.3 Å². The van der Waals surface area contributed by atoms with Gasteiger partial charge in [0, 0.05) is 0 Å². The van der Waals surface area contributed by atoms with Gasteiger partial charge in [0.2, 0.25) is 0 Å². The average molecular weight is 372 g/mol. The van der Waals surface area contributed by atoms with Gasteiger partial charge in [-0.05, 0) is 57.9 Å². The van der Waals surface area contributed by atoms with Gasteiger partial charge in [-0.25, -0.2) is 9.59 Å². The van der Waals surface area contributed by atoms with Crippen molar-refractivity contribution in [2.24, 2.45) is 5.92 Å². The van der Waals surface area contributed by atoms with E-state index < -0.39 is 35.5 Å². The van der Waals surface area contributed by atoms with Crippen molar-refractivity contribution in [3.63, 3.8) is 0 Å². The van der Waals surface area contributed by atoms with Gasteiger partial charge < -0.3 is 14.2 Å². The van der Waals surface area contributed by atoms with Gasteiger partial charge in [-0.3, -0.25) is 0 Å². The van der Waals surface area contributed by atoms with E-state index in [0.717, 1.165) is 0 Å². The van der Waals surface area contributed by atoms with Gasteiger partial charge in [-0.2, -0.15) is 8.78 Å². The molecule has 0 bridgehead atoms. The molecule has 7 heteroatoms. The fourth-order valence-electron chi connectivity index (χ4n) is 2.17. The van der Waals surface area contributed by atoms with Crippen LogP contribution in [0.5, 0.6) is 5.75 Å². The second-order valence-corrected chi connectivity index (χ2v) is 7.15. The van der Waals surface area contributed by atoms with E-state index >= 15 is 0 Å². The van der Waals surface area contributed by atoms with Gasteiger partial charge in [0.1, 0.15) is 11.4 Å². The Morgan fingerprint density at radius 1 is 1.08 bits per heavy atom. The molecule has 1 atom stereocenters. The summed E-state index contributed by atoms with van der Waals surface area (Å²) >= 11 is 0. The van der Waals surface area contributed by atoms with Crippen molar-refractivity contribution >= 4 is 11.9 Å². The van der Waals surface area contributed by atoms with E-state index in [4.69, 9.17) is 9.47 Å². The lowest BCUT2D eigenvalue weighted by Gasteiger charge is -2.28. The van der Waals surface area contributed by atoms with Crippen LogP contribution in [0, 0.1) is 5.92 Å². The summed E-state index contributed by atoms with van der Waals surface area (Å²) in [6, 6.07) is 5.94. The van der Waals surface area contributed by atoms with E-state index in [2.05, 4.69) is 4.74 Å². The van der Waals surface area contributed by atoms with Crippen molar-refractivity contribution in [1.82, 2.24) is 0 Å². The average Bonchev–Trinajstić information content (AvgIpc) is 2.51. The van der Waals surface area contributed by atoms with Crippen molar-refractivity contribution < 1.29 is 32.6 Å². The van der Waals surface area contributed by atoms with Crippen LogP contribution in [0.3, 0.4) is 0 Å². The van der Waals surface area contributed by atoms with E-state index in [9.17, 15) is 18.4 Å². The molecule has 1 aromatic carbocycles. The highest BCUT2D eigenvalue weighted by Gasteiger charge is 2.52. The zero-order chi connectivity index (χ0) is 20.1. The first-order chi connectivity index (χ1) is 11.9. The minimum Gasteiger partial charge on any atom is -0.488 e. The normalized spacial score (nSPS) is 13.3. The maximum Gasteiger partial charge on any atom is 0.381 e. The summed E-state index contributed by atoms with van der Waals surface area (Å²) in [5.41, 5.74) is -0.330. The summed E-state index contributed by atoms with van der Waals surface area (Å²) < 4.78 is 43.5. The lowest BCUT2D eigenvalue weighted by atomic mass is 10.0. The minimum absolute atomic E-state index is 0.0802. The highest BCUT2D eigenvalue weighted by Crippen LogP contribution is 2.30. The van der Waals surface area contributed by atoms with Crippen LogP contribution >= 0.6 is 0 Å². The number of ether oxygens (including phenoxy) is 3. The Morgan fingerprint density at radius 3 is 2.04 bits per heavy atom. The molecule has 0 saturated carbocycles. The van der Waals surface area contributed by atoms with E-state index in [1.165, 1.54) is 32.9 Å². The number of hydrogen-bond donors (Lipinski definition) is 0. The minimum atomic E-state index is -3.94. The Balaban J connectivity index is 2.93. The van der Waals surface area contributed by atoms with E-state index in [0.29, 0.717) is 5.75 Å². The fourth-order valence-corrected chi connectivity index (χ4v) is 2.17. The van der Waals surface area contributed by atoms with Gasteiger partial charge >= 0.3 is 17.9 Å². The van der Waals surface area contributed by atoms with Crippen LogP contribution in [0.4, 0.5) is 8.78 Å². The van der Waals surface area contributed by atoms with E-state index in [1.807, 2.05) is 20.8 Å². The zero-order valence-electron chi connectivity index (χ0n) is 16.0. The summed E-state index contributed by atoms with van der Waals surface area (Å²) in [4.78, 5) is 23.8. The SMILES string of the molecule is CCOC(=O)C(F)(F)C(OC(=O)c1ccc(OC(C)(C)C)cc1)C(C)C. The number of benzene rings is 1. The Labute approximate surface area is 152 Å². The zero-order valence-corrected chi connectivity index (χ0v) is 16.0. The summed E-state index contributed by atoms with van der Waals surface area (Å²) in [5, 5.41) is 0. The fraction of sp³-hybridized carbons (Fsp3) is 0.579. The molecular formula is C19H26F2O5. The molecule has 0 N–H and O–H groups in total. The molecule has 0 aromatic heterocycles. The molecule has 1 unspecified atom stereocenters. The molecule has 0 heterocycles. The van der Waals surface area contributed by atoms with Crippen LogP contribution in [0.2, 0.25) is 0 Å². The molecule has 0 aliphatic rings. The summed E-state index contributed by atoms with van der Waals surface area (Å²) in [5.74, 6) is -6.85. The number of hydrogen-bond acceptors (Lipinski definition) is 5. The molecule has 1 rings (SSSR count). The molecule has 0 fully saturated rings. The van der Waals surface area contributed by atoms with Gasteiger partial charge in [0.25, 0.3) is 0 Å². The van der Waals surface area contributed by atoms with Crippen LogP contribution in [0.25, 0.3) is 0 Å². The van der Waals surface area contributed by atoms with Crippen molar-refractivity contribution in [2.45, 2.75) is 59.2 Å². The largest absolute Gasteiger partial charge is 0.488 e. The van der Waals surface area contributed by atoms with Gasteiger partial charge in [-0.15, -0.1) is 0 Å². The third-order valence-electron chi connectivity index (χ3n) is 3.26. The maximum atomic E-state index is 14.3. The smallest absolute Gasteiger partial charge is 0.381 e. The van der Waals surface area contributed by atoms with Crippen LogP contribution in [-0.2, 0) is 14.3 Å². The first kappa shape index (κ1) is 21.9. The molecule has 1 aromatic rings. The monoisotopic (exact) mass is 372 g/mol. The predicted octanol–water partition coefficient (Wildman–Crippen LogP) is 4.24. The maximum absolute atomic E-state index is 14.3. The molecule has 0 amide bonds. The van der Waals surface area contributed by atoms with Gasteiger partial charge in [0.05, 0.1) is 12.2 Å². The number of carbonyl (C=O) groups is 2. The second kappa shape index (κ2) is 8.47. The second-order valence-electron chi connectivity index (χ2n) is 7.15. The molecule has 0 spiro atoms. The van der Waals surface area contributed by atoms with E-state index in [-0.39, 0.29) is 12.2 Å². The van der Waals surface area contributed by atoms with Crippen LogP contribution in [0.1, 0.15) is 51.9 Å².